The SMILES string of the molecule is CCOc1cc(C(=O)Nc2nnc(-c3ccc(S(=O)(=O)C(C)C)cc3)o2)cc(OCC)c1OCC. The van der Waals surface area contributed by atoms with Gasteiger partial charge in [-0.25, -0.2) is 8.42 Å². The van der Waals surface area contributed by atoms with Crippen LogP contribution >= 0.6 is 0 Å². The minimum Gasteiger partial charge on any atom is -0.490 e. The van der Waals surface area contributed by atoms with Crippen LogP contribution in [0.4, 0.5) is 6.01 Å². The molecule has 0 bridgehead atoms. The summed E-state index contributed by atoms with van der Waals surface area (Å²) in [4.78, 5) is 13.1. The van der Waals surface area contributed by atoms with Gasteiger partial charge in [-0.1, -0.05) is 5.10 Å². The molecule has 0 fully saturated rings. The lowest BCUT2D eigenvalue weighted by Gasteiger charge is -2.16. The average Bonchev–Trinajstić information content (AvgIpc) is 3.29. The van der Waals surface area contributed by atoms with Crippen molar-refractivity contribution in [2.75, 3.05) is 25.1 Å². The number of hydrogen-bond acceptors (Lipinski definition) is 9. The van der Waals surface area contributed by atoms with Gasteiger partial charge in [0.2, 0.25) is 11.6 Å². The third-order valence-corrected chi connectivity index (χ3v) is 7.04. The summed E-state index contributed by atoms with van der Waals surface area (Å²) < 4.78 is 47.1. The van der Waals surface area contributed by atoms with E-state index in [0.29, 0.717) is 42.6 Å². The molecule has 10 nitrogen and oxygen atoms in total. The van der Waals surface area contributed by atoms with Crippen LogP contribution in [0.1, 0.15) is 45.0 Å². The van der Waals surface area contributed by atoms with Crippen LogP contribution in [0, 0.1) is 0 Å². The Bertz CT molecular complexity index is 1240. The molecule has 3 rings (SSSR count). The lowest BCUT2D eigenvalue weighted by molar-refractivity contribution is 0.102. The maximum absolute atomic E-state index is 12.9. The molecule has 0 spiro atoms. The maximum atomic E-state index is 12.9. The monoisotopic (exact) mass is 503 g/mol. The van der Waals surface area contributed by atoms with Crippen LogP contribution in [0.15, 0.2) is 45.7 Å². The highest BCUT2D eigenvalue weighted by Crippen LogP contribution is 2.39. The third kappa shape index (κ3) is 5.91. The van der Waals surface area contributed by atoms with E-state index < -0.39 is 21.0 Å². The van der Waals surface area contributed by atoms with Crippen LogP contribution < -0.4 is 19.5 Å². The second kappa shape index (κ2) is 11.2. The van der Waals surface area contributed by atoms with Crippen molar-refractivity contribution < 1.29 is 31.8 Å². The molecule has 0 saturated carbocycles. The van der Waals surface area contributed by atoms with Crippen molar-refractivity contribution in [3.63, 3.8) is 0 Å². The van der Waals surface area contributed by atoms with E-state index in [0.717, 1.165) is 0 Å². The Hall–Kier alpha value is -3.60. The highest BCUT2D eigenvalue weighted by molar-refractivity contribution is 7.92. The van der Waals surface area contributed by atoms with Crippen LogP contribution in [0.2, 0.25) is 0 Å². The third-order valence-electron chi connectivity index (χ3n) is 4.87. The van der Waals surface area contributed by atoms with Crippen molar-refractivity contribution in [2.24, 2.45) is 0 Å². The number of carbonyl (C=O) groups is 1. The van der Waals surface area contributed by atoms with Crippen LogP contribution in [0.25, 0.3) is 11.5 Å². The molecule has 0 atom stereocenters. The highest BCUT2D eigenvalue weighted by Gasteiger charge is 2.21. The molecule has 0 unspecified atom stereocenters. The molecule has 11 heteroatoms. The molecule has 1 heterocycles. The van der Waals surface area contributed by atoms with Gasteiger partial charge in [0.25, 0.3) is 5.91 Å². The smallest absolute Gasteiger partial charge is 0.322 e. The molecule has 188 valence electrons. The zero-order valence-corrected chi connectivity index (χ0v) is 21.1. The van der Waals surface area contributed by atoms with Gasteiger partial charge in [-0.2, -0.15) is 0 Å². The average molecular weight is 504 g/mol. The highest BCUT2D eigenvalue weighted by atomic mass is 32.2. The number of sulfone groups is 1. The van der Waals surface area contributed by atoms with Crippen LogP contribution in [-0.2, 0) is 9.84 Å². The minimum atomic E-state index is -3.39. The van der Waals surface area contributed by atoms with E-state index in [1.54, 1.807) is 38.1 Å². The molecule has 0 aliphatic heterocycles. The number of amides is 1. The van der Waals surface area contributed by atoms with E-state index in [1.165, 1.54) is 12.1 Å². The predicted octanol–water partition coefficient (Wildman–Crippen LogP) is 4.37. The summed E-state index contributed by atoms with van der Waals surface area (Å²) in [5, 5.41) is 9.84. The molecule has 0 radical (unpaired) electrons. The Kier molecular flexibility index (Phi) is 8.34. The standard InChI is InChI=1S/C24H29N3O7S/c1-6-31-19-13-17(14-20(32-7-2)21(19)33-8-3)22(28)25-24-27-26-23(34-24)16-9-11-18(12-10-16)35(29,30)15(4)5/h9-15H,6-8H2,1-5H3,(H,25,27,28). The first-order valence-corrected chi connectivity index (χ1v) is 12.8. The van der Waals surface area contributed by atoms with E-state index >= 15 is 0 Å². The summed E-state index contributed by atoms with van der Waals surface area (Å²) in [7, 11) is -3.39. The summed E-state index contributed by atoms with van der Waals surface area (Å²) in [5.74, 6) is 0.811. The topological polar surface area (TPSA) is 130 Å². The molecule has 0 saturated heterocycles. The zero-order valence-electron chi connectivity index (χ0n) is 20.3. The van der Waals surface area contributed by atoms with Crippen LogP contribution in [0.5, 0.6) is 17.2 Å². The fourth-order valence-corrected chi connectivity index (χ4v) is 4.20. The summed E-state index contributed by atoms with van der Waals surface area (Å²) >= 11 is 0. The van der Waals surface area contributed by atoms with Gasteiger partial charge in [0.1, 0.15) is 0 Å². The Morgan fingerprint density at radius 2 is 1.51 bits per heavy atom. The summed E-state index contributed by atoms with van der Waals surface area (Å²) in [6, 6.07) is 9.10. The normalized spacial score (nSPS) is 11.4. The van der Waals surface area contributed by atoms with Gasteiger partial charge in [-0.3, -0.25) is 10.1 Å². The molecular weight excluding hydrogens is 474 g/mol. The maximum Gasteiger partial charge on any atom is 0.322 e. The number of nitrogens with one attached hydrogen (secondary N) is 1. The molecule has 1 N–H and O–H groups in total. The minimum absolute atomic E-state index is 0.117. The Morgan fingerprint density at radius 3 is 2.03 bits per heavy atom. The van der Waals surface area contributed by atoms with E-state index in [2.05, 4.69) is 15.5 Å². The molecule has 0 aliphatic rings. The predicted molar refractivity (Wildman–Crippen MR) is 130 cm³/mol. The first-order valence-electron chi connectivity index (χ1n) is 11.3. The lowest BCUT2D eigenvalue weighted by atomic mass is 10.1. The first-order chi connectivity index (χ1) is 16.7. The Morgan fingerprint density at radius 1 is 0.943 bits per heavy atom. The number of benzene rings is 2. The van der Waals surface area contributed by atoms with Gasteiger partial charge in [0.05, 0.1) is 30.0 Å². The van der Waals surface area contributed by atoms with E-state index in [-0.39, 0.29) is 22.4 Å². The molecule has 1 amide bonds. The van der Waals surface area contributed by atoms with Gasteiger partial charge in [-0.15, -0.1) is 5.10 Å². The van der Waals surface area contributed by atoms with Gasteiger partial charge in [0.15, 0.2) is 21.3 Å². The van der Waals surface area contributed by atoms with Crippen molar-refractivity contribution >= 4 is 21.8 Å². The second-order valence-electron chi connectivity index (χ2n) is 7.59. The van der Waals surface area contributed by atoms with Crippen LogP contribution in [-0.4, -0.2) is 49.6 Å². The van der Waals surface area contributed by atoms with Crippen molar-refractivity contribution in [1.82, 2.24) is 10.2 Å². The summed E-state index contributed by atoms with van der Waals surface area (Å²) in [6.07, 6.45) is 0. The second-order valence-corrected chi connectivity index (χ2v) is 10.1. The van der Waals surface area contributed by atoms with E-state index in [9.17, 15) is 13.2 Å². The summed E-state index contributed by atoms with van der Waals surface area (Å²) in [6.45, 7) is 9.89. The van der Waals surface area contributed by atoms with Crippen molar-refractivity contribution in [2.45, 2.75) is 44.8 Å². The number of nitrogens with zero attached hydrogens (tertiary/aromatic N) is 2. The Labute approximate surface area is 204 Å². The molecule has 0 aliphatic carbocycles. The molecule has 2 aromatic carbocycles. The summed E-state index contributed by atoms with van der Waals surface area (Å²) in [5.41, 5.74) is 0.766. The van der Waals surface area contributed by atoms with E-state index in [4.69, 9.17) is 18.6 Å². The molecule has 35 heavy (non-hydrogen) atoms. The van der Waals surface area contributed by atoms with Gasteiger partial charge < -0.3 is 18.6 Å². The van der Waals surface area contributed by atoms with Crippen molar-refractivity contribution in [3.05, 3.63) is 42.0 Å². The fourth-order valence-electron chi connectivity index (χ4n) is 3.14. The molecular formula is C24H29N3O7S. The van der Waals surface area contributed by atoms with Gasteiger partial charge in [-0.05, 0) is 71.0 Å². The van der Waals surface area contributed by atoms with Crippen molar-refractivity contribution in [3.8, 4) is 28.7 Å². The van der Waals surface area contributed by atoms with Gasteiger partial charge in [0, 0.05) is 11.1 Å². The van der Waals surface area contributed by atoms with Crippen LogP contribution in [0.3, 0.4) is 0 Å². The number of aromatic nitrogens is 2. The number of ether oxygens (including phenoxy) is 3. The lowest BCUT2D eigenvalue weighted by Crippen LogP contribution is -2.13. The zero-order chi connectivity index (χ0) is 25.6. The Balaban J connectivity index is 1.82. The first kappa shape index (κ1) is 26.0. The quantitative estimate of drug-likeness (QED) is 0.405. The van der Waals surface area contributed by atoms with Crippen molar-refractivity contribution in [1.29, 1.82) is 0 Å². The molecule has 3 aromatic rings. The van der Waals surface area contributed by atoms with E-state index in [1.807, 2.05) is 20.8 Å². The largest absolute Gasteiger partial charge is 0.490 e. The number of carbonyl (C=O) groups excluding carboxylic acids is 1. The number of rotatable bonds is 11. The fraction of sp³-hybridized carbons (Fsp3) is 0.375. The molecule has 1 aromatic heterocycles. The number of anilines is 1. The van der Waals surface area contributed by atoms with Gasteiger partial charge >= 0.3 is 6.01 Å². The number of hydrogen-bond donors (Lipinski definition) is 1.